The molecule has 3 aromatic rings. The van der Waals surface area contributed by atoms with Crippen LogP contribution in [0.2, 0.25) is 0 Å². The molecule has 3 atom stereocenters. The number of carbonyl (C=O) groups is 1. The van der Waals surface area contributed by atoms with E-state index in [1.165, 1.54) is 0 Å². The van der Waals surface area contributed by atoms with Crippen LogP contribution < -0.4 is 0 Å². The van der Waals surface area contributed by atoms with Crippen LogP contribution in [-0.4, -0.2) is 38.7 Å². The molecule has 0 bridgehead atoms. The Balaban J connectivity index is 1.94. The average molecular weight is 400 g/mol. The molecule has 1 aliphatic rings. The summed E-state index contributed by atoms with van der Waals surface area (Å²) in [5.74, 6) is -3.90. The molecular formula is C22H22F2N2O3. The highest BCUT2D eigenvalue weighted by atomic mass is 19.1. The molecule has 0 spiro atoms. The van der Waals surface area contributed by atoms with Gasteiger partial charge in [0.2, 0.25) is 0 Å². The largest absolute Gasteiger partial charge is 0.508 e. The number of aromatic amines is 1. The van der Waals surface area contributed by atoms with Crippen LogP contribution in [0.5, 0.6) is 5.75 Å². The van der Waals surface area contributed by atoms with E-state index in [1.54, 1.807) is 6.92 Å². The van der Waals surface area contributed by atoms with Gasteiger partial charge < -0.3 is 15.2 Å². The number of fused-ring (bicyclic) bond motifs is 3. The fourth-order valence-electron chi connectivity index (χ4n) is 4.33. The maximum Gasteiger partial charge on any atom is 0.307 e. The summed E-state index contributed by atoms with van der Waals surface area (Å²) in [6, 6.07) is 8.48. The monoisotopic (exact) mass is 400 g/mol. The highest BCUT2D eigenvalue weighted by molar-refractivity contribution is 5.85. The standard InChI is InChI=1S/C22H22F2N2O3/c1-11(22(28)29)10-26-12(2)7-15-14-5-3-4-6-18(14)25-20(15)21(26)19-16(23)8-13(27)9-17(19)24/h3-6,8-9,11-12,21,25,27H,7,10H2,1-2H3,(H,28,29)/t11-,12+,21+/m0/s1. The van der Waals surface area contributed by atoms with Crippen LogP contribution in [0.15, 0.2) is 36.4 Å². The van der Waals surface area contributed by atoms with Crippen LogP contribution in [0.4, 0.5) is 8.78 Å². The highest BCUT2D eigenvalue weighted by Gasteiger charge is 2.39. The van der Waals surface area contributed by atoms with Gasteiger partial charge in [-0.15, -0.1) is 0 Å². The third-order valence-corrected chi connectivity index (χ3v) is 5.76. The zero-order valence-corrected chi connectivity index (χ0v) is 16.1. The van der Waals surface area contributed by atoms with Gasteiger partial charge >= 0.3 is 5.97 Å². The lowest BCUT2D eigenvalue weighted by molar-refractivity contribution is -0.142. The fourth-order valence-corrected chi connectivity index (χ4v) is 4.33. The van der Waals surface area contributed by atoms with E-state index >= 15 is 0 Å². The zero-order valence-electron chi connectivity index (χ0n) is 16.1. The normalized spacial score (nSPS) is 20.6. The number of nitrogens with zero attached hydrogens (tertiary/aromatic N) is 1. The topological polar surface area (TPSA) is 76.6 Å². The number of benzene rings is 2. The van der Waals surface area contributed by atoms with Crippen molar-refractivity contribution in [1.82, 2.24) is 9.88 Å². The molecule has 2 heterocycles. The summed E-state index contributed by atoms with van der Waals surface area (Å²) in [5, 5.41) is 20.0. The smallest absolute Gasteiger partial charge is 0.307 e. The van der Waals surface area contributed by atoms with Gasteiger partial charge in [-0.1, -0.05) is 25.1 Å². The minimum Gasteiger partial charge on any atom is -0.508 e. The number of para-hydroxylation sites is 1. The minimum absolute atomic E-state index is 0.135. The van der Waals surface area contributed by atoms with Crippen molar-refractivity contribution in [3.63, 3.8) is 0 Å². The number of aliphatic carboxylic acids is 1. The van der Waals surface area contributed by atoms with Gasteiger partial charge in [0.1, 0.15) is 17.4 Å². The Morgan fingerprint density at radius 3 is 2.59 bits per heavy atom. The van der Waals surface area contributed by atoms with E-state index in [4.69, 9.17) is 0 Å². The van der Waals surface area contributed by atoms with E-state index < -0.39 is 35.3 Å². The van der Waals surface area contributed by atoms with Crippen LogP contribution in [0.1, 0.15) is 36.7 Å². The van der Waals surface area contributed by atoms with Crippen molar-refractivity contribution in [1.29, 1.82) is 0 Å². The first-order valence-electron chi connectivity index (χ1n) is 9.53. The third-order valence-electron chi connectivity index (χ3n) is 5.76. The molecule has 0 saturated heterocycles. The molecule has 0 fully saturated rings. The zero-order chi connectivity index (χ0) is 20.9. The van der Waals surface area contributed by atoms with Gasteiger partial charge in [-0.05, 0) is 25.0 Å². The number of aromatic hydroxyl groups is 1. The molecule has 3 N–H and O–H groups in total. The van der Waals surface area contributed by atoms with Gasteiger partial charge in [-0.2, -0.15) is 0 Å². The van der Waals surface area contributed by atoms with Crippen molar-refractivity contribution in [3.8, 4) is 5.75 Å². The number of hydrogen-bond acceptors (Lipinski definition) is 3. The van der Waals surface area contributed by atoms with Crippen molar-refractivity contribution in [2.45, 2.75) is 32.4 Å². The molecule has 1 aliphatic heterocycles. The van der Waals surface area contributed by atoms with Crippen molar-refractivity contribution < 1.29 is 23.8 Å². The van der Waals surface area contributed by atoms with Crippen molar-refractivity contribution in [2.24, 2.45) is 5.92 Å². The lowest BCUT2D eigenvalue weighted by Gasteiger charge is -2.41. The van der Waals surface area contributed by atoms with Crippen molar-refractivity contribution in [2.75, 3.05) is 6.54 Å². The summed E-state index contributed by atoms with van der Waals surface area (Å²) >= 11 is 0. The Morgan fingerprint density at radius 1 is 1.28 bits per heavy atom. The maximum atomic E-state index is 14.9. The second-order valence-electron chi connectivity index (χ2n) is 7.78. The number of carboxylic acid groups (broad SMARTS) is 1. The van der Waals surface area contributed by atoms with Crippen molar-refractivity contribution >= 4 is 16.9 Å². The molecule has 0 saturated carbocycles. The number of phenolic OH excluding ortho intramolecular Hbond substituents is 1. The number of aromatic nitrogens is 1. The molecule has 0 radical (unpaired) electrons. The number of H-pyrrole nitrogens is 1. The minimum atomic E-state index is -0.968. The lowest BCUT2D eigenvalue weighted by atomic mass is 9.87. The van der Waals surface area contributed by atoms with Crippen LogP contribution in [-0.2, 0) is 11.2 Å². The Morgan fingerprint density at radius 2 is 1.93 bits per heavy atom. The molecule has 5 nitrogen and oxygen atoms in total. The molecule has 152 valence electrons. The molecule has 0 unspecified atom stereocenters. The summed E-state index contributed by atoms with van der Waals surface area (Å²) in [5.41, 5.74) is 2.30. The van der Waals surface area contributed by atoms with Crippen LogP contribution >= 0.6 is 0 Å². The van der Waals surface area contributed by atoms with Crippen LogP contribution in [0.25, 0.3) is 10.9 Å². The van der Waals surface area contributed by atoms with E-state index in [0.717, 1.165) is 28.6 Å². The summed E-state index contributed by atoms with van der Waals surface area (Å²) in [6.07, 6.45) is 0.628. The average Bonchev–Trinajstić information content (AvgIpc) is 3.01. The van der Waals surface area contributed by atoms with Gasteiger partial charge in [0.15, 0.2) is 0 Å². The first-order valence-corrected chi connectivity index (χ1v) is 9.53. The number of halogens is 2. The number of hydrogen-bond donors (Lipinski definition) is 3. The molecule has 1 aromatic heterocycles. The second-order valence-corrected chi connectivity index (χ2v) is 7.78. The van der Waals surface area contributed by atoms with Crippen LogP contribution in [0.3, 0.4) is 0 Å². The van der Waals surface area contributed by atoms with E-state index in [2.05, 4.69) is 4.98 Å². The Kier molecular flexibility index (Phi) is 4.78. The Bertz CT molecular complexity index is 1070. The van der Waals surface area contributed by atoms with Gasteiger partial charge in [0.05, 0.1) is 12.0 Å². The quantitative estimate of drug-likeness (QED) is 0.613. The number of rotatable bonds is 4. The van der Waals surface area contributed by atoms with E-state index in [1.807, 2.05) is 36.1 Å². The van der Waals surface area contributed by atoms with Crippen LogP contribution in [0, 0.1) is 17.6 Å². The summed E-state index contributed by atoms with van der Waals surface area (Å²) < 4.78 is 29.8. The molecule has 7 heteroatoms. The molecule has 4 rings (SSSR count). The van der Waals surface area contributed by atoms with Gasteiger partial charge in [-0.3, -0.25) is 9.69 Å². The number of carboxylic acids is 1. The van der Waals surface area contributed by atoms with E-state index in [9.17, 15) is 23.8 Å². The maximum absolute atomic E-state index is 14.9. The Labute approximate surface area is 166 Å². The Hall–Kier alpha value is -2.93. The van der Waals surface area contributed by atoms with E-state index in [0.29, 0.717) is 12.1 Å². The second kappa shape index (κ2) is 7.15. The molecule has 0 aliphatic carbocycles. The van der Waals surface area contributed by atoms with E-state index in [-0.39, 0.29) is 18.2 Å². The SMILES string of the molecule is C[C@@H]1Cc2c([nH]c3ccccc23)[C@@H](c2c(F)cc(O)cc2F)N1C[C@H](C)C(=O)O. The first-order chi connectivity index (χ1) is 13.8. The van der Waals surface area contributed by atoms with Gasteiger partial charge in [0.25, 0.3) is 0 Å². The molecule has 29 heavy (non-hydrogen) atoms. The third kappa shape index (κ3) is 3.25. The lowest BCUT2D eigenvalue weighted by Crippen LogP contribution is -2.46. The van der Waals surface area contributed by atoms with Gasteiger partial charge in [0, 0.05) is 46.9 Å². The van der Waals surface area contributed by atoms with Gasteiger partial charge in [-0.25, -0.2) is 8.78 Å². The number of nitrogens with one attached hydrogen (secondary N) is 1. The summed E-state index contributed by atoms with van der Waals surface area (Å²) in [6.45, 7) is 3.65. The predicted molar refractivity (Wildman–Crippen MR) is 105 cm³/mol. The highest BCUT2D eigenvalue weighted by Crippen LogP contribution is 2.43. The van der Waals surface area contributed by atoms with Crippen molar-refractivity contribution in [3.05, 3.63) is 64.9 Å². The predicted octanol–water partition coefficient (Wildman–Crippen LogP) is 4.21. The molecule has 2 aromatic carbocycles. The fraction of sp³-hybridized carbons (Fsp3) is 0.318. The summed E-state index contributed by atoms with van der Waals surface area (Å²) in [4.78, 5) is 16.6. The number of phenols is 1. The molecular weight excluding hydrogens is 378 g/mol. The summed E-state index contributed by atoms with van der Waals surface area (Å²) in [7, 11) is 0. The molecule has 0 amide bonds. The first kappa shape index (κ1) is 19.4.